The SMILES string of the molecule is COc1ccc2c3c(n(C)c2c1)[C@@H](CO)NCC31CN(S(=O)(=O)c2cccc(C)c2)C1. The molecule has 0 bridgehead atoms. The Morgan fingerprint density at radius 1 is 1.23 bits per heavy atom. The van der Waals surface area contributed by atoms with Crippen LogP contribution >= 0.6 is 0 Å². The average Bonchev–Trinajstić information content (AvgIpc) is 3.04. The number of sulfonamides is 1. The molecule has 3 aromatic rings. The zero-order valence-corrected chi connectivity index (χ0v) is 18.7. The van der Waals surface area contributed by atoms with Gasteiger partial charge >= 0.3 is 0 Å². The molecule has 3 heterocycles. The summed E-state index contributed by atoms with van der Waals surface area (Å²) in [7, 11) is 0.0829. The first-order valence-corrected chi connectivity index (χ1v) is 11.8. The Balaban J connectivity index is 1.58. The number of methoxy groups -OCH3 is 1. The van der Waals surface area contributed by atoms with Crippen molar-refractivity contribution in [3.05, 3.63) is 59.3 Å². The second-order valence-electron chi connectivity index (χ2n) is 8.69. The van der Waals surface area contributed by atoms with Gasteiger partial charge in [0.05, 0.1) is 30.2 Å². The molecule has 2 aliphatic rings. The molecule has 0 saturated carbocycles. The van der Waals surface area contributed by atoms with Gasteiger partial charge in [-0.05, 0) is 42.3 Å². The molecule has 164 valence electrons. The molecule has 5 rings (SSSR count). The van der Waals surface area contributed by atoms with E-state index in [9.17, 15) is 13.5 Å². The third kappa shape index (κ3) is 2.93. The highest BCUT2D eigenvalue weighted by Crippen LogP contribution is 2.47. The minimum atomic E-state index is -3.55. The Hall–Kier alpha value is -2.39. The van der Waals surface area contributed by atoms with Crippen LogP contribution in [0.1, 0.15) is 22.9 Å². The van der Waals surface area contributed by atoms with Crippen LogP contribution in [-0.2, 0) is 22.5 Å². The van der Waals surface area contributed by atoms with Gasteiger partial charge in [0.15, 0.2) is 0 Å². The van der Waals surface area contributed by atoms with Crippen molar-refractivity contribution in [3.63, 3.8) is 0 Å². The minimum absolute atomic E-state index is 0.0182. The molecule has 2 N–H and O–H groups in total. The number of nitrogens with one attached hydrogen (secondary N) is 1. The third-order valence-electron chi connectivity index (χ3n) is 6.77. The lowest BCUT2D eigenvalue weighted by Crippen LogP contribution is -2.67. The number of ether oxygens (including phenoxy) is 1. The summed E-state index contributed by atoms with van der Waals surface area (Å²) in [5, 5.41) is 14.5. The molecule has 1 saturated heterocycles. The zero-order valence-electron chi connectivity index (χ0n) is 17.9. The summed E-state index contributed by atoms with van der Waals surface area (Å²) >= 11 is 0. The molecule has 0 radical (unpaired) electrons. The van der Waals surface area contributed by atoms with E-state index in [1.165, 1.54) is 0 Å². The summed E-state index contributed by atoms with van der Waals surface area (Å²) in [5.41, 5.74) is 3.77. The van der Waals surface area contributed by atoms with E-state index < -0.39 is 10.0 Å². The molecule has 8 heteroatoms. The third-order valence-corrected chi connectivity index (χ3v) is 8.56. The van der Waals surface area contributed by atoms with Gasteiger partial charge in [0.2, 0.25) is 10.0 Å². The number of hydrogen-bond acceptors (Lipinski definition) is 5. The van der Waals surface area contributed by atoms with Crippen LogP contribution in [-0.4, -0.2) is 55.7 Å². The first-order chi connectivity index (χ1) is 14.8. The molecule has 0 unspecified atom stereocenters. The van der Waals surface area contributed by atoms with Crippen molar-refractivity contribution < 1.29 is 18.3 Å². The van der Waals surface area contributed by atoms with E-state index in [1.807, 2.05) is 38.2 Å². The van der Waals surface area contributed by atoms with E-state index in [-0.39, 0.29) is 18.1 Å². The lowest BCUT2D eigenvalue weighted by Gasteiger charge is -2.52. The Morgan fingerprint density at radius 3 is 2.68 bits per heavy atom. The summed E-state index contributed by atoms with van der Waals surface area (Å²) in [6.45, 7) is 3.32. The molecule has 1 aromatic heterocycles. The van der Waals surface area contributed by atoms with E-state index >= 15 is 0 Å². The van der Waals surface area contributed by atoms with Crippen LogP contribution in [0.15, 0.2) is 47.4 Å². The zero-order chi connectivity index (χ0) is 22.0. The molecule has 2 aromatic carbocycles. The summed E-state index contributed by atoms with van der Waals surface area (Å²) in [4.78, 5) is 0.335. The van der Waals surface area contributed by atoms with Crippen LogP contribution in [0.3, 0.4) is 0 Å². The van der Waals surface area contributed by atoms with Crippen molar-refractivity contribution in [1.29, 1.82) is 0 Å². The van der Waals surface area contributed by atoms with Crippen LogP contribution in [0, 0.1) is 6.92 Å². The van der Waals surface area contributed by atoms with Crippen LogP contribution in [0.4, 0.5) is 0 Å². The number of hydrogen-bond donors (Lipinski definition) is 2. The maximum atomic E-state index is 13.2. The topological polar surface area (TPSA) is 83.8 Å². The highest BCUT2D eigenvalue weighted by Gasteiger charge is 2.54. The fourth-order valence-corrected chi connectivity index (χ4v) is 6.89. The Bertz CT molecular complexity index is 1280. The van der Waals surface area contributed by atoms with E-state index in [4.69, 9.17) is 4.74 Å². The lowest BCUT2D eigenvalue weighted by atomic mass is 9.70. The maximum Gasteiger partial charge on any atom is 0.243 e. The Kier molecular flexibility index (Phi) is 4.67. The number of aromatic nitrogens is 1. The van der Waals surface area contributed by atoms with Gasteiger partial charge in [-0.3, -0.25) is 0 Å². The number of benzene rings is 2. The smallest absolute Gasteiger partial charge is 0.243 e. The van der Waals surface area contributed by atoms with Gasteiger partial charge in [0.25, 0.3) is 0 Å². The summed E-state index contributed by atoms with van der Waals surface area (Å²) in [5.74, 6) is 0.769. The van der Waals surface area contributed by atoms with Gasteiger partial charge in [0, 0.05) is 49.2 Å². The van der Waals surface area contributed by atoms with Gasteiger partial charge in [0.1, 0.15) is 5.75 Å². The van der Waals surface area contributed by atoms with Crippen molar-refractivity contribution >= 4 is 20.9 Å². The normalized spacial score (nSPS) is 20.6. The molecule has 1 atom stereocenters. The summed E-state index contributed by atoms with van der Waals surface area (Å²) in [6, 6.07) is 12.8. The standard InChI is InChI=1S/C23H27N3O4S/c1-15-5-4-6-17(9-15)31(28,29)26-13-23(14-26)12-24-19(11-27)22-21(23)18-8-7-16(30-3)10-20(18)25(22)2/h4-10,19,24,27H,11-14H2,1-3H3/t19-/m1/s1. The van der Waals surface area contributed by atoms with Crippen molar-refractivity contribution in [2.45, 2.75) is 23.3 Å². The first kappa shape index (κ1) is 20.5. The summed E-state index contributed by atoms with van der Waals surface area (Å²) < 4.78 is 35.5. The highest BCUT2D eigenvalue weighted by molar-refractivity contribution is 7.89. The second-order valence-corrected chi connectivity index (χ2v) is 10.6. The molecule has 31 heavy (non-hydrogen) atoms. The van der Waals surface area contributed by atoms with E-state index in [1.54, 1.807) is 29.6 Å². The first-order valence-electron chi connectivity index (χ1n) is 10.4. The van der Waals surface area contributed by atoms with Crippen LogP contribution < -0.4 is 10.1 Å². The van der Waals surface area contributed by atoms with Crippen molar-refractivity contribution in [1.82, 2.24) is 14.2 Å². The van der Waals surface area contributed by atoms with Gasteiger partial charge in [-0.2, -0.15) is 4.31 Å². The maximum absolute atomic E-state index is 13.2. The van der Waals surface area contributed by atoms with E-state index in [0.29, 0.717) is 24.5 Å². The van der Waals surface area contributed by atoms with Gasteiger partial charge in [-0.1, -0.05) is 12.1 Å². The lowest BCUT2D eigenvalue weighted by molar-refractivity contribution is 0.121. The Labute approximate surface area is 182 Å². The van der Waals surface area contributed by atoms with Crippen molar-refractivity contribution in [2.75, 3.05) is 33.4 Å². The Morgan fingerprint density at radius 2 is 2.00 bits per heavy atom. The fourth-order valence-electron chi connectivity index (χ4n) is 5.18. The monoisotopic (exact) mass is 441 g/mol. The molecule has 0 amide bonds. The highest BCUT2D eigenvalue weighted by atomic mass is 32.2. The van der Waals surface area contributed by atoms with Gasteiger partial charge in [-0.25, -0.2) is 8.42 Å². The molecule has 1 fully saturated rings. The molecule has 1 spiro atoms. The summed E-state index contributed by atoms with van der Waals surface area (Å²) in [6.07, 6.45) is 0. The second kappa shape index (κ2) is 7.06. The van der Waals surface area contributed by atoms with Gasteiger partial charge in [-0.15, -0.1) is 0 Å². The molecule has 0 aliphatic carbocycles. The van der Waals surface area contributed by atoms with Crippen molar-refractivity contribution in [2.24, 2.45) is 7.05 Å². The molecule has 2 aliphatic heterocycles. The molecular weight excluding hydrogens is 414 g/mol. The molecule has 7 nitrogen and oxygen atoms in total. The predicted octanol–water partition coefficient (Wildman–Crippen LogP) is 2.07. The van der Waals surface area contributed by atoms with E-state index in [2.05, 4.69) is 9.88 Å². The number of aliphatic hydroxyl groups is 1. The predicted molar refractivity (Wildman–Crippen MR) is 119 cm³/mol. The molecular formula is C23H27N3O4S. The number of fused-ring (bicyclic) bond motifs is 4. The number of rotatable bonds is 4. The number of aryl methyl sites for hydroxylation is 2. The van der Waals surface area contributed by atoms with Crippen LogP contribution in [0.5, 0.6) is 5.75 Å². The quantitative estimate of drug-likeness (QED) is 0.648. The number of nitrogens with zero attached hydrogens (tertiary/aromatic N) is 2. The van der Waals surface area contributed by atoms with Crippen molar-refractivity contribution in [3.8, 4) is 5.75 Å². The largest absolute Gasteiger partial charge is 0.497 e. The van der Waals surface area contributed by atoms with Crippen LogP contribution in [0.2, 0.25) is 0 Å². The van der Waals surface area contributed by atoms with E-state index in [0.717, 1.165) is 33.5 Å². The van der Waals surface area contributed by atoms with Crippen LogP contribution in [0.25, 0.3) is 10.9 Å². The minimum Gasteiger partial charge on any atom is -0.497 e. The average molecular weight is 442 g/mol. The van der Waals surface area contributed by atoms with Gasteiger partial charge < -0.3 is 19.7 Å². The number of aliphatic hydroxyl groups excluding tert-OH is 1. The fraction of sp³-hybridized carbons (Fsp3) is 0.391.